The van der Waals surface area contributed by atoms with E-state index in [0.29, 0.717) is 19.2 Å². The number of methoxy groups -OCH3 is 1. The van der Waals surface area contributed by atoms with Gasteiger partial charge in [0.15, 0.2) is 0 Å². The summed E-state index contributed by atoms with van der Waals surface area (Å²) in [6.45, 7) is 6.11. The van der Waals surface area contributed by atoms with E-state index in [2.05, 4.69) is 16.6 Å². The first kappa shape index (κ1) is 12.4. The third kappa shape index (κ3) is 3.44. The van der Waals surface area contributed by atoms with Gasteiger partial charge in [0, 0.05) is 19.1 Å². The van der Waals surface area contributed by atoms with Gasteiger partial charge in [-0.05, 0) is 13.8 Å². The molecule has 1 aliphatic rings. The summed E-state index contributed by atoms with van der Waals surface area (Å²) >= 11 is 0. The first-order valence-corrected chi connectivity index (χ1v) is 5.23. The first-order chi connectivity index (χ1) is 7.04. The molecule has 3 atom stereocenters. The summed E-state index contributed by atoms with van der Waals surface area (Å²) in [6, 6.07) is -0.264. The highest BCUT2D eigenvalue weighted by atomic mass is 16.5. The summed E-state index contributed by atoms with van der Waals surface area (Å²) in [5.74, 6) is -0.360. The van der Waals surface area contributed by atoms with Crippen LogP contribution in [0, 0.1) is 0 Å². The molecule has 0 amide bonds. The van der Waals surface area contributed by atoms with Crippen molar-refractivity contribution in [3.63, 3.8) is 0 Å². The molecule has 0 aromatic heterocycles. The largest absolute Gasteiger partial charge is 0.468 e. The topological polar surface area (TPSA) is 64.8 Å². The Morgan fingerprint density at radius 2 is 2.33 bits per heavy atom. The minimum Gasteiger partial charge on any atom is -0.468 e. The quantitative estimate of drug-likeness (QED) is 0.650. The van der Waals surface area contributed by atoms with E-state index in [9.17, 15) is 4.79 Å². The van der Waals surface area contributed by atoms with Crippen molar-refractivity contribution in [3.8, 4) is 0 Å². The second kappa shape index (κ2) is 5.44. The van der Waals surface area contributed by atoms with E-state index in [1.165, 1.54) is 7.11 Å². The zero-order valence-corrected chi connectivity index (χ0v) is 9.60. The Hall–Kier alpha value is -0.650. The van der Waals surface area contributed by atoms with Crippen LogP contribution in [0.2, 0.25) is 0 Å². The Morgan fingerprint density at radius 3 is 2.93 bits per heavy atom. The number of rotatable bonds is 3. The van der Waals surface area contributed by atoms with E-state index in [-0.39, 0.29) is 12.1 Å². The van der Waals surface area contributed by atoms with Crippen LogP contribution in [-0.2, 0) is 14.3 Å². The number of hydrogen-bond acceptors (Lipinski definition) is 5. The van der Waals surface area contributed by atoms with Crippen LogP contribution in [-0.4, -0.2) is 55.9 Å². The zero-order valence-electron chi connectivity index (χ0n) is 9.60. The number of hydrogen-bond donors (Lipinski definition) is 1. The van der Waals surface area contributed by atoms with Crippen LogP contribution in [0.5, 0.6) is 0 Å². The monoisotopic (exact) mass is 216 g/mol. The van der Waals surface area contributed by atoms with Crippen molar-refractivity contribution in [1.29, 1.82) is 0 Å². The van der Waals surface area contributed by atoms with Crippen LogP contribution in [0.25, 0.3) is 0 Å². The van der Waals surface area contributed by atoms with Gasteiger partial charge in [-0.15, -0.1) is 0 Å². The lowest BCUT2D eigenvalue weighted by atomic mass is 10.1. The van der Waals surface area contributed by atoms with E-state index < -0.39 is 6.04 Å². The molecule has 1 saturated heterocycles. The maximum absolute atomic E-state index is 11.2. The molecule has 0 aromatic carbocycles. The molecule has 0 aliphatic carbocycles. The van der Waals surface area contributed by atoms with Crippen LogP contribution in [0.4, 0.5) is 0 Å². The molecular formula is C10H20N2O3. The fraction of sp³-hybridized carbons (Fsp3) is 0.900. The Morgan fingerprint density at radius 1 is 1.67 bits per heavy atom. The molecule has 0 spiro atoms. The molecule has 5 heteroatoms. The van der Waals surface area contributed by atoms with E-state index in [1.54, 1.807) is 0 Å². The SMILES string of the molecule is COC(=O)C(N)CN1CC(C)OCC1C. The molecule has 1 fully saturated rings. The normalized spacial score (nSPS) is 29.9. The van der Waals surface area contributed by atoms with Crippen molar-refractivity contribution in [2.75, 3.05) is 26.8 Å². The second-order valence-electron chi connectivity index (χ2n) is 4.08. The van der Waals surface area contributed by atoms with Crippen molar-refractivity contribution in [1.82, 2.24) is 4.90 Å². The maximum atomic E-state index is 11.2. The number of ether oxygens (including phenoxy) is 2. The molecule has 5 nitrogen and oxygen atoms in total. The summed E-state index contributed by atoms with van der Waals surface area (Å²) in [7, 11) is 1.35. The van der Waals surface area contributed by atoms with Gasteiger partial charge in [-0.1, -0.05) is 0 Å². The Balaban J connectivity index is 2.45. The molecule has 0 radical (unpaired) electrons. The van der Waals surface area contributed by atoms with Crippen LogP contribution >= 0.6 is 0 Å². The number of carbonyl (C=O) groups is 1. The molecule has 1 rings (SSSR count). The van der Waals surface area contributed by atoms with E-state index in [1.807, 2.05) is 6.92 Å². The minimum atomic E-state index is -0.567. The Labute approximate surface area is 90.5 Å². The van der Waals surface area contributed by atoms with Gasteiger partial charge in [0.2, 0.25) is 0 Å². The molecule has 15 heavy (non-hydrogen) atoms. The van der Waals surface area contributed by atoms with Crippen LogP contribution < -0.4 is 5.73 Å². The smallest absolute Gasteiger partial charge is 0.323 e. The number of carbonyl (C=O) groups excluding carboxylic acids is 1. The lowest BCUT2D eigenvalue weighted by Crippen LogP contribution is -2.53. The summed E-state index contributed by atoms with van der Waals surface area (Å²) in [4.78, 5) is 13.3. The summed E-state index contributed by atoms with van der Waals surface area (Å²) in [6.07, 6.45) is 0.200. The lowest BCUT2D eigenvalue weighted by molar-refractivity contribution is -0.143. The average molecular weight is 216 g/mol. The third-order valence-corrected chi connectivity index (χ3v) is 2.67. The van der Waals surface area contributed by atoms with Crippen LogP contribution in [0.15, 0.2) is 0 Å². The van der Waals surface area contributed by atoms with Gasteiger partial charge in [0.25, 0.3) is 0 Å². The fourth-order valence-corrected chi connectivity index (χ4v) is 1.70. The fourth-order valence-electron chi connectivity index (χ4n) is 1.70. The molecule has 0 aromatic rings. The molecule has 0 bridgehead atoms. The highest BCUT2D eigenvalue weighted by Crippen LogP contribution is 2.11. The Kier molecular flexibility index (Phi) is 4.50. The molecule has 1 heterocycles. The van der Waals surface area contributed by atoms with E-state index in [4.69, 9.17) is 10.5 Å². The van der Waals surface area contributed by atoms with Gasteiger partial charge in [-0.3, -0.25) is 9.69 Å². The van der Waals surface area contributed by atoms with Gasteiger partial charge >= 0.3 is 5.97 Å². The number of nitrogens with zero attached hydrogens (tertiary/aromatic N) is 1. The van der Waals surface area contributed by atoms with E-state index >= 15 is 0 Å². The molecule has 2 N–H and O–H groups in total. The second-order valence-corrected chi connectivity index (χ2v) is 4.08. The van der Waals surface area contributed by atoms with Gasteiger partial charge in [0.05, 0.1) is 19.8 Å². The van der Waals surface area contributed by atoms with Crippen molar-refractivity contribution in [2.45, 2.75) is 32.0 Å². The number of esters is 1. The summed E-state index contributed by atoms with van der Waals surface area (Å²) in [5, 5.41) is 0. The summed E-state index contributed by atoms with van der Waals surface area (Å²) in [5.41, 5.74) is 5.71. The molecule has 3 unspecified atom stereocenters. The standard InChI is InChI=1S/C10H20N2O3/c1-7-6-15-8(2)4-12(7)5-9(11)10(13)14-3/h7-9H,4-6,11H2,1-3H3. The average Bonchev–Trinajstić information content (AvgIpc) is 2.22. The summed E-state index contributed by atoms with van der Waals surface area (Å²) < 4.78 is 10.1. The molecule has 0 saturated carbocycles. The van der Waals surface area contributed by atoms with Crippen molar-refractivity contribution in [2.24, 2.45) is 5.73 Å². The predicted octanol–water partition coefficient (Wildman–Crippen LogP) is -0.404. The lowest BCUT2D eigenvalue weighted by Gasteiger charge is -2.37. The van der Waals surface area contributed by atoms with Crippen LogP contribution in [0.1, 0.15) is 13.8 Å². The van der Waals surface area contributed by atoms with E-state index in [0.717, 1.165) is 6.54 Å². The van der Waals surface area contributed by atoms with Gasteiger partial charge in [-0.2, -0.15) is 0 Å². The minimum absolute atomic E-state index is 0.200. The van der Waals surface area contributed by atoms with Crippen molar-refractivity contribution >= 4 is 5.97 Å². The Bertz CT molecular complexity index is 223. The molecule has 88 valence electrons. The first-order valence-electron chi connectivity index (χ1n) is 5.23. The number of nitrogens with two attached hydrogens (primary N) is 1. The zero-order chi connectivity index (χ0) is 11.4. The third-order valence-electron chi connectivity index (χ3n) is 2.67. The van der Waals surface area contributed by atoms with Gasteiger partial charge < -0.3 is 15.2 Å². The van der Waals surface area contributed by atoms with Crippen molar-refractivity contribution in [3.05, 3.63) is 0 Å². The van der Waals surface area contributed by atoms with Gasteiger partial charge in [0.1, 0.15) is 6.04 Å². The molecular weight excluding hydrogens is 196 g/mol. The molecule has 1 aliphatic heterocycles. The highest BCUT2D eigenvalue weighted by molar-refractivity contribution is 5.75. The maximum Gasteiger partial charge on any atom is 0.323 e. The van der Waals surface area contributed by atoms with Crippen molar-refractivity contribution < 1.29 is 14.3 Å². The number of morpholine rings is 1. The predicted molar refractivity (Wildman–Crippen MR) is 56.4 cm³/mol. The highest BCUT2D eigenvalue weighted by Gasteiger charge is 2.27. The van der Waals surface area contributed by atoms with Crippen LogP contribution in [0.3, 0.4) is 0 Å². The van der Waals surface area contributed by atoms with Gasteiger partial charge in [-0.25, -0.2) is 0 Å².